The third kappa shape index (κ3) is 3.36. The van der Waals surface area contributed by atoms with Gasteiger partial charge in [0.15, 0.2) is 0 Å². The van der Waals surface area contributed by atoms with Gasteiger partial charge in [-0.3, -0.25) is 0 Å². The van der Waals surface area contributed by atoms with Gasteiger partial charge in [-0.25, -0.2) is 0 Å². The van der Waals surface area contributed by atoms with Crippen LogP contribution in [0.2, 0.25) is 0 Å². The Morgan fingerprint density at radius 1 is 0.889 bits per heavy atom. The summed E-state index contributed by atoms with van der Waals surface area (Å²) < 4.78 is 0. The van der Waals surface area contributed by atoms with Crippen molar-refractivity contribution in [3.63, 3.8) is 0 Å². The molecular weight excluding hydrogens is 220 g/mol. The van der Waals surface area contributed by atoms with E-state index in [1.54, 1.807) is 12.1 Å². The van der Waals surface area contributed by atoms with E-state index in [0.717, 1.165) is 12.0 Å². The SMILES string of the molecule is CCCCCc1cccc(-c2ccc(O)cc2)c1. The Bertz CT molecular complexity index is 485. The molecule has 0 amide bonds. The van der Waals surface area contributed by atoms with Crippen molar-refractivity contribution in [2.24, 2.45) is 0 Å². The van der Waals surface area contributed by atoms with Crippen LogP contribution in [0.25, 0.3) is 11.1 Å². The highest BCUT2D eigenvalue weighted by atomic mass is 16.3. The summed E-state index contributed by atoms with van der Waals surface area (Å²) in [6.45, 7) is 2.23. The molecule has 0 radical (unpaired) electrons. The van der Waals surface area contributed by atoms with Crippen LogP contribution in [-0.2, 0) is 6.42 Å². The van der Waals surface area contributed by atoms with E-state index in [1.165, 1.54) is 30.4 Å². The first-order chi connectivity index (χ1) is 8.79. The Labute approximate surface area is 109 Å². The van der Waals surface area contributed by atoms with E-state index in [4.69, 9.17) is 0 Å². The van der Waals surface area contributed by atoms with Crippen LogP contribution in [0.5, 0.6) is 5.75 Å². The summed E-state index contributed by atoms with van der Waals surface area (Å²) in [5, 5.41) is 9.30. The van der Waals surface area contributed by atoms with Gasteiger partial charge in [-0.05, 0) is 41.7 Å². The Morgan fingerprint density at radius 3 is 2.39 bits per heavy atom. The molecule has 94 valence electrons. The van der Waals surface area contributed by atoms with Crippen LogP contribution in [0.15, 0.2) is 48.5 Å². The predicted molar refractivity (Wildman–Crippen MR) is 76.8 cm³/mol. The van der Waals surface area contributed by atoms with Crippen molar-refractivity contribution in [3.8, 4) is 16.9 Å². The van der Waals surface area contributed by atoms with Crippen molar-refractivity contribution in [3.05, 3.63) is 54.1 Å². The highest BCUT2D eigenvalue weighted by Crippen LogP contribution is 2.23. The minimum absolute atomic E-state index is 0.317. The number of rotatable bonds is 5. The predicted octanol–water partition coefficient (Wildman–Crippen LogP) is 4.79. The molecule has 0 atom stereocenters. The first-order valence-electron chi connectivity index (χ1n) is 6.68. The van der Waals surface area contributed by atoms with E-state index in [1.807, 2.05) is 12.1 Å². The van der Waals surface area contributed by atoms with Gasteiger partial charge in [-0.15, -0.1) is 0 Å². The van der Waals surface area contributed by atoms with Crippen molar-refractivity contribution >= 4 is 0 Å². The van der Waals surface area contributed by atoms with Crippen molar-refractivity contribution < 1.29 is 5.11 Å². The zero-order valence-corrected chi connectivity index (χ0v) is 10.9. The number of unbranched alkanes of at least 4 members (excludes halogenated alkanes) is 2. The van der Waals surface area contributed by atoms with Crippen LogP contribution >= 0.6 is 0 Å². The average molecular weight is 240 g/mol. The Balaban J connectivity index is 2.13. The molecule has 1 heteroatoms. The Kier molecular flexibility index (Phi) is 4.40. The second kappa shape index (κ2) is 6.25. The molecule has 0 saturated heterocycles. The molecule has 18 heavy (non-hydrogen) atoms. The molecule has 0 spiro atoms. The summed E-state index contributed by atoms with van der Waals surface area (Å²) in [5.74, 6) is 0.317. The van der Waals surface area contributed by atoms with Crippen molar-refractivity contribution in [2.45, 2.75) is 32.6 Å². The van der Waals surface area contributed by atoms with Gasteiger partial charge in [-0.1, -0.05) is 56.2 Å². The van der Waals surface area contributed by atoms with Gasteiger partial charge >= 0.3 is 0 Å². The molecule has 2 aromatic rings. The minimum Gasteiger partial charge on any atom is -0.508 e. The molecule has 0 aromatic heterocycles. The molecule has 1 N–H and O–H groups in total. The van der Waals surface area contributed by atoms with Gasteiger partial charge in [0.25, 0.3) is 0 Å². The molecule has 0 aliphatic heterocycles. The molecule has 2 rings (SSSR count). The molecule has 0 saturated carbocycles. The first-order valence-corrected chi connectivity index (χ1v) is 6.68. The number of hydrogen-bond acceptors (Lipinski definition) is 1. The van der Waals surface area contributed by atoms with Gasteiger partial charge < -0.3 is 5.11 Å². The largest absolute Gasteiger partial charge is 0.508 e. The second-order valence-electron chi connectivity index (χ2n) is 4.70. The summed E-state index contributed by atoms with van der Waals surface area (Å²) in [4.78, 5) is 0. The lowest BCUT2D eigenvalue weighted by Crippen LogP contribution is -1.86. The summed E-state index contributed by atoms with van der Waals surface area (Å²) in [5.41, 5.74) is 3.78. The zero-order valence-electron chi connectivity index (χ0n) is 10.9. The quantitative estimate of drug-likeness (QED) is 0.745. The van der Waals surface area contributed by atoms with Crippen LogP contribution in [0.3, 0.4) is 0 Å². The molecule has 1 nitrogen and oxygen atoms in total. The van der Waals surface area contributed by atoms with Crippen LogP contribution in [-0.4, -0.2) is 5.11 Å². The highest BCUT2D eigenvalue weighted by Gasteiger charge is 1.99. The van der Waals surface area contributed by atoms with Gasteiger partial charge in [0, 0.05) is 0 Å². The number of hydrogen-bond donors (Lipinski definition) is 1. The fourth-order valence-electron chi connectivity index (χ4n) is 2.14. The van der Waals surface area contributed by atoms with Gasteiger partial charge in [0.05, 0.1) is 0 Å². The average Bonchev–Trinajstić information content (AvgIpc) is 2.40. The normalized spacial score (nSPS) is 10.5. The maximum atomic E-state index is 9.30. The molecule has 0 aliphatic carbocycles. The van der Waals surface area contributed by atoms with Crippen molar-refractivity contribution in [2.75, 3.05) is 0 Å². The number of benzene rings is 2. The lowest BCUT2D eigenvalue weighted by atomic mass is 10.0. The monoisotopic (exact) mass is 240 g/mol. The summed E-state index contributed by atoms with van der Waals surface area (Å²) in [7, 11) is 0. The molecule has 0 fully saturated rings. The highest BCUT2D eigenvalue weighted by molar-refractivity contribution is 5.64. The molecule has 0 heterocycles. The lowest BCUT2D eigenvalue weighted by molar-refractivity contribution is 0.475. The Morgan fingerprint density at radius 2 is 1.67 bits per heavy atom. The number of aryl methyl sites for hydroxylation is 1. The standard InChI is InChI=1S/C17H20O/c1-2-3-4-6-14-7-5-8-16(13-14)15-9-11-17(18)12-10-15/h5,7-13,18H,2-4,6H2,1H3. The van der Waals surface area contributed by atoms with Gasteiger partial charge in [0.2, 0.25) is 0 Å². The van der Waals surface area contributed by atoms with Crippen molar-refractivity contribution in [1.82, 2.24) is 0 Å². The van der Waals surface area contributed by atoms with E-state index in [9.17, 15) is 5.11 Å². The maximum Gasteiger partial charge on any atom is 0.115 e. The van der Waals surface area contributed by atoms with Crippen LogP contribution in [0.1, 0.15) is 31.7 Å². The van der Waals surface area contributed by atoms with Gasteiger partial charge in [0.1, 0.15) is 5.75 Å². The van der Waals surface area contributed by atoms with E-state index >= 15 is 0 Å². The third-order valence-electron chi connectivity index (χ3n) is 3.20. The number of phenols is 1. The van der Waals surface area contributed by atoms with Gasteiger partial charge in [-0.2, -0.15) is 0 Å². The second-order valence-corrected chi connectivity index (χ2v) is 4.70. The fourth-order valence-corrected chi connectivity index (χ4v) is 2.14. The summed E-state index contributed by atoms with van der Waals surface area (Å²) in [6.07, 6.45) is 4.97. The number of aromatic hydroxyl groups is 1. The molecule has 2 aromatic carbocycles. The summed E-state index contributed by atoms with van der Waals surface area (Å²) >= 11 is 0. The van der Waals surface area contributed by atoms with E-state index in [-0.39, 0.29) is 0 Å². The third-order valence-corrected chi connectivity index (χ3v) is 3.20. The lowest BCUT2D eigenvalue weighted by Gasteiger charge is -2.06. The van der Waals surface area contributed by atoms with Crippen molar-refractivity contribution in [1.29, 1.82) is 0 Å². The van der Waals surface area contributed by atoms with E-state index in [0.29, 0.717) is 5.75 Å². The number of phenolic OH excluding ortho intramolecular Hbond substituents is 1. The zero-order chi connectivity index (χ0) is 12.8. The minimum atomic E-state index is 0.317. The van der Waals surface area contributed by atoms with Crippen LogP contribution in [0.4, 0.5) is 0 Å². The topological polar surface area (TPSA) is 20.2 Å². The van der Waals surface area contributed by atoms with Crippen LogP contribution in [0, 0.1) is 0 Å². The molecular formula is C17H20O. The first kappa shape index (κ1) is 12.7. The van der Waals surface area contributed by atoms with Crippen LogP contribution < -0.4 is 0 Å². The van der Waals surface area contributed by atoms with E-state index < -0.39 is 0 Å². The Hall–Kier alpha value is -1.76. The molecule has 0 unspecified atom stereocenters. The van der Waals surface area contributed by atoms with E-state index in [2.05, 4.69) is 31.2 Å². The molecule has 0 aliphatic rings. The fraction of sp³-hybridized carbons (Fsp3) is 0.294. The summed E-state index contributed by atoms with van der Waals surface area (Å²) in [6, 6.07) is 16.1. The molecule has 0 bridgehead atoms. The smallest absolute Gasteiger partial charge is 0.115 e. The maximum absolute atomic E-state index is 9.30.